The van der Waals surface area contributed by atoms with E-state index in [0.717, 1.165) is 18.1 Å². The van der Waals surface area contributed by atoms with Gasteiger partial charge in [-0.3, -0.25) is 4.90 Å². The molecule has 0 radical (unpaired) electrons. The summed E-state index contributed by atoms with van der Waals surface area (Å²) in [6, 6.07) is 11.8. The number of aliphatic hydroxyl groups excluding tert-OH is 1. The van der Waals surface area contributed by atoms with Crippen LogP contribution in [0, 0.1) is 6.92 Å². The van der Waals surface area contributed by atoms with Crippen molar-refractivity contribution in [1.29, 1.82) is 0 Å². The van der Waals surface area contributed by atoms with Crippen LogP contribution in [-0.2, 0) is 24.4 Å². The fourth-order valence-corrected chi connectivity index (χ4v) is 3.57. The van der Waals surface area contributed by atoms with Crippen molar-refractivity contribution in [1.82, 2.24) is 4.90 Å². The molecule has 0 bridgehead atoms. The van der Waals surface area contributed by atoms with Crippen molar-refractivity contribution in [3.8, 4) is 0 Å². The van der Waals surface area contributed by atoms with Crippen molar-refractivity contribution in [3.05, 3.63) is 70.2 Å². The largest absolute Gasteiger partial charge is 0.468 e. The number of aliphatic hydroxyl groups is 1. The highest BCUT2D eigenvalue weighted by molar-refractivity contribution is 7.11. The van der Waals surface area contributed by atoms with Crippen LogP contribution in [0.1, 0.15) is 21.3 Å². The van der Waals surface area contributed by atoms with Crippen LogP contribution in [0.2, 0.25) is 0 Å². The van der Waals surface area contributed by atoms with Crippen LogP contribution < -0.4 is 0 Å². The molecule has 3 heterocycles. The highest BCUT2D eigenvalue weighted by Gasteiger charge is 2.15. The monoisotopic (exact) mass is 361 g/mol. The fraction of sp³-hybridized carbons (Fsp3) is 0.368. The van der Waals surface area contributed by atoms with Crippen LogP contribution in [-0.4, -0.2) is 29.3 Å². The van der Waals surface area contributed by atoms with Gasteiger partial charge in [0.15, 0.2) is 0 Å². The second kappa shape index (κ2) is 9.01. The molecular formula is C19H23NO4S. The third kappa shape index (κ3) is 5.86. The van der Waals surface area contributed by atoms with E-state index in [9.17, 15) is 5.11 Å². The zero-order chi connectivity index (χ0) is 17.5. The smallest absolute Gasteiger partial charge is 0.129 e. The summed E-state index contributed by atoms with van der Waals surface area (Å²) in [5.74, 6) is 1.64. The molecular weight excluding hydrogens is 338 g/mol. The molecule has 1 N–H and O–H groups in total. The maximum atomic E-state index is 10.3. The molecule has 134 valence electrons. The van der Waals surface area contributed by atoms with Crippen molar-refractivity contribution < 1.29 is 18.7 Å². The number of thiophene rings is 1. The quantitative estimate of drug-likeness (QED) is 0.595. The minimum absolute atomic E-state index is 0.263. The Hall–Kier alpha value is -1.86. The Balaban J connectivity index is 1.52. The number of hydrogen-bond acceptors (Lipinski definition) is 6. The van der Waals surface area contributed by atoms with Gasteiger partial charge in [0.05, 0.1) is 31.8 Å². The molecule has 0 spiro atoms. The third-order valence-electron chi connectivity index (χ3n) is 3.74. The van der Waals surface area contributed by atoms with Gasteiger partial charge < -0.3 is 18.7 Å². The van der Waals surface area contributed by atoms with Gasteiger partial charge in [-0.15, -0.1) is 11.3 Å². The Morgan fingerprint density at radius 1 is 1.08 bits per heavy atom. The molecule has 0 fully saturated rings. The van der Waals surface area contributed by atoms with E-state index in [1.807, 2.05) is 24.3 Å². The van der Waals surface area contributed by atoms with E-state index in [1.54, 1.807) is 23.9 Å². The Morgan fingerprint density at radius 3 is 2.48 bits per heavy atom. The van der Waals surface area contributed by atoms with Crippen LogP contribution in [0.15, 0.2) is 57.8 Å². The predicted molar refractivity (Wildman–Crippen MR) is 96.2 cm³/mol. The maximum absolute atomic E-state index is 10.3. The molecule has 3 aromatic heterocycles. The molecule has 0 aliphatic heterocycles. The Bertz CT molecular complexity index is 721. The highest BCUT2D eigenvalue weighted by Crippen LogP contribution is 2.19. The van der Waals surface area contributed by atoms with Crippen LogP contribution in [0.3, 0.4) is 0 Å². The minimum atomic E-state index is -0.578. The van der Waals surface area contributed by atoms with Gasteiger partial charge in [-0.05, 0) is 43.3 Å². The summed E-state index contributed by atoms with van der Waals surface area (Å²) in [4.78, 5) is 4.73. The van der Waals surface area contributed by atoms with Crippen molar-refractivity contribution in [3.63, 3.8) is 0 Å². The minimum Gasteiger partial charge on any atom is -0.468 e. The van der Waals surface area contributed by atoms with Crippen molar-refractivity contribution in [2.24, 2.45) is 0 Å². The van der Waals surface area contributed by atoms with Gasteiger partial charge in [0.2, 0.25) is 0 Å². The van der Waals surface area contributed by atoms with Gasteiger partial charge in [0.1, 0.15) is 18.1 Å². The third-order valence-corrected chi connectivity index (χ3v) is 4.72. The molecule has 0 saturated carbocycles. The summed E-state index contributed by atoms with van der Waals surface area (Å²) in [5, 5.41) is 10.3. The van der Waals surface area contributed by atoms with Gasteiger partial charge >= 0.3 is 0 Å². The topological polar surface area (TPSA) is 59.0 Å². The van der Waals surface area contributed by atoms with Gasteiger partial charge in [0.25, 0.3) is 0 Å². The van der Waals surface area contributed by atoms with E-state index in [4.69, 9.17) is 13.6 Å². The van der Waals surface area contributed by atoms with Crippen molar-refractivity contribution in [2.45, 2.75) is 32.7 Å². The maximum Gasteiger partial charge on any atom is 0.129 e. The van der Waals surface area contributed by atoms with E-state index < -0.39 is 6.10 Å². The fourth-order valence-electron chi connectivity index (χ4n) is 2.64. The molecule has 0 amide bonds. The first-order valence-electron chi connectivity index (χ1n) is 8.27. The van der Waals surface area contributed by atoms with Crippen LogP contribution in [0.5, 0.6) is 0 Å². The number of aryl methyl sites for hydroxylation is 1. The van der Waals surface area contributed by atoms with Gasteiger partial charge in [-0.25, -0.2) is 0 Å². The van der Waals surface area contributed by atoms with Gasteiger partial charge in [-0.1, -0.05) is 0 Å². The summed E-state index contributed by atoms with van der Waals surface area (Å²) in [7, 11) is 0. The first-order chi connectivity index (χ1) is 12.2. The zero-order valence-electron chi connectivity index (χ0n) is 14.3. The molecule has 0 aromatic carbocycles. The van der Waals surface area contributed by atoms with E-state index in [0.29, 0.717) is 19.7 Å². The first-order valence-corrected chi connectivity index (χ1v) is 9.09. The summed E-state index contributed by atoms with van der Waals surface area (Å²) >= 11 is 1.77. The zero-order valence-corrected chi connectivity index (χ0v) is 15.1. The molecule has 25 heavy (non-hydrogen) atoms. The summed E-state index contributed by atoms with van der Waals surface area (Å²) in [6.07, 6.45) is 2.71. The lowest BCUT2D eigenvalue weighted by Crippen LogP contribution is -2.34. The highest BCUT2D eigenvalue weighted by atomic mass is 32.1. The van der Waals surface area contributed by atoms with Crippen LogP contribution in [0.25, 0.3) is 0 Å². The molecule has 3 aromatic rings. The predicted octanol–water partition coefficient (Wildman–Crippen LogP) is 3.82. The Kier molecular flexibility index (Phi) is 6.47. The van der Waals surface area contributed by atoms with Gasteiger partial charge in [-0.2, -0.15) is 0 Å². The molecule has 6 heteroatoms. The first kappa shape index (κ1) is 17.9. The molecule has 5 nitrogen and oxygen atoms in total. The number of nitrogens with zero attached hydrogens (tertiary/aromatic N) is 1. The van der Waals surface area contributed by atoms with E-state index in [-0.39, 0.29) is 6.61 Å². The summed E-state index contributed by atoms with van der Waals surface area (Å²) in [5.41, 5.74) is 0. The molecule has 0 aliphatic carbocycles. The lowest BCUT2D eigenvalue weighted by atomic mass is 10.3. The Labute approximate surface area is 151 Å². The molecule has 3 rings (SSSR count). The molecule has 0 aliphatic rings. The average molecular weight is 361 g/mol. The summed E-state index contributed by atoms with van der Waals surface area (Å²) in [6.45, 7) is 4.66. The molecule has 1 atom stereocenters. The van der Waals surface area contributed by atoms with Crippen molar-refractivity contribution >= 4 is 11.3 Å². The van der Waals surface area contributed by atoms with Crippen LogP contribution in [0.4, 0.5) is 0 Å². The normalized spacial score (nSPS) is 12.8. The lowest BCUT2D eigenvalue weighted by Gasteiger charge is -2.23. The second-order valence-corrected chi connectivity index (χ2v) is 7.38. The van der Waals surface area contributed by atoms with Gasteiger partial charge in [0, 0.05) is 22.8 Å². The van der Waals surface area contributed by atoms with Crippen molar-refractivity contribution in [2.75, 3.05) is 13.2 Å². The van der Waals surface area contributed by atoms with E-state index >= 15 is 0 Å². The van der Waals surface area contributed by atoms with Crippen LogP contribution >= 0.6 is 11.3 Å². The second-order valence-electron chi connectivity index (χ2n) is 6.01. The SMILES string of the molecule is Cc1ccc(CN(Cc2ccco2)CC(O)COCc2ccco2)s1. The number of ether oxygens (including phenoxy) is 1. The molecule has 1 unspecified atom stereocenters. The number of rotatable bonds is 10. The van der Waals surface area contributed by atoms with E-state index in [1.165, 1.54) is 9.75 Å². The lowest BCUT2D eigenvalue weighted by molar-refractivity contribution is 0.00178. The number of hydrogen-bond donors (Lipinski definition) is 1. The standard InChI is InChI=1S/C19H23NO4S/c1-15-6-7-19(25-15)12-20(11-17-4-2-8-23-17)10-16(21)13-22-14-18-5-3-9-24-18/h2-9,16,21H,10-14H2,1H3. The summed E-state index contributed by atoms with van der Waals surface area (Å²) < 4.78 is 16.2. The average Bonchev–Trinajstić information content (AvgIpc) is 3.31. The Morgan fingerprint density at radius 2 is 1.84 bits per heavy atom. The number of furan rings is 2. The van der Waals surface area contributed by atoms with E-state index in [2.05, 4.69) is 24.0 Å². The molecule has 0 saturated heterocycles.